The molecule has 0 bridgehead atoms. The molecule has 0 radical (unpaired) electrons. The number of hydrogen-bond donors (Lipinski definition) is 1. The van der Waals surface area contributed by atoms with Crippen molar-refractivity contribution in [1.29, 1.82) is 0 Å². The fourth-order valence-electron chi connectivity index (χ4n) is 2.66. The molecule has 3 nitrogen and oxygen atoms in total. The molecule has 1 N–H and O–H groups in total. The summed E-state index contributed by atoms with van der Waals surface area (Å²) in [4.78, 5) is 0. The lowest BCUT2D eigenvalue weighted by molar-refractivity contribution is 0.0413. The summed E-state index contributed by atoms with van der Waals surface area (Å²) in [6, 6.07) is 7.59. The van der Waals surface area contributed by atoms with Crippen LogP contribution in [0.15, 0.2) is 24.3 Å². The third-order valence-electron chi connectivity index (χ3n) is 3.73. The summed E-state index contributed by atoms with van der Waals surface area (Å²) >= 11 is 0. The molecule has 106 valence electrons. The second-order valence-electron chi connectivity index (χ2n) is 5.18. The van der Waals surface area contributed by atoms with E-state index in [9.17, 15) is 5.11 Å². The van der Waals surface area contributed by atoms with Gasteiger partial charge < -0.3 is 14.6 Å². The summed E-state index contributed by atoms with van der Waals surface area (Å²) < 4.78 is 11.1. The number of ether oxygens (including phenoxy) is 2. The quantitative estimate of drug-likeness (QED) is 0.855. The number of rotatable bonds is 6. The minimum Gasteiger partial charge on any atom is -0.494 e. The van der Waals surface area contributed by atoms with Gasteiger partial charge in [0.15, 0.2) is 0 Å². The zero-order valence-electron chi connectivity index (χ0n) is 11.7. The van der Waals surface area contributed by atoms with E-state index in [0.717, 1.165) is 24.3 Å². The highest BCUT2D eigenvalue weighted by atomic mass is 16.5. The average Bonchev–Trinajstić information content (AvgIpc) is 2.46. The lowest BCUT2D eigenvalue weighted by atomic mass is 9.85. The van der Waals surface area contributed by atoms with Gasteiger partial charge in [0.25, 0.3) is 0 Å². The third kappa shape index (κ3) is 4.43. The number of benzene rings is 1. The molecule has 1 aliphatic carbocycles. The van der Waals surface area contributed by atoms with E-state index in [0.29, 0.717) is 19.1 Å². The highest BCUT2D eigenvalue weighted by molar-refractivity contribution is 5.32. The maximum atomic E-state index is 10.2. The van der Waals surface area contributed by atoms with Crippen molar-refractivity contribution >= 4 is 0 Å². The lowest BCUT2D eigenvalue weighted by Gasteiger charge is -2.26. The highest BCUT2D eigenvalue weighted by Crippen LogP contribution is 2.27. The molecule has 1 aromatic carbocycles. The van der Waals surface area contributed by atoms with E-state index >= 15 is 0 Å². The van der Waals surface area contributed by atoms with E-state index in [1.54, 1.807) is 0 Å². The van der Waals surface area contributed by atoms with Gasteiger partial charge in [0.2, 0.25) is 0 Å². The van der Waals surface area contributed by atoms with Crippen molar-refractivity contribution in [2.75, 3.05) is 13.2 Å². The Kier molecular flexibility index (Phi) is 5.52. The molecular weight excluding hydrogens is 240 g/mol. The van der Waals surface area contributed by atoms with E-state index in [1.165, 1.54) is 19.3 Å². The van der Waals surface area contributed by atoms with Crippen molar-refractivity contribution in [3.63, 3.8) is 0 Å². The summed E-state index contributed by atoms with van der Waals surface area (Å²) in [6.07, 6.45) is 5.69. The summed E-state index contributed by atoms with van der Waals surface area (Å²) in [5.41, 5.74) is 0. The van der Waals surface area contributed by atoms with Crippen LogP contribution in [0.4, 0.5) is 0 Å². The van der Waals surface area contributed by atoms with Crippen LogP contribution in [0.3, 0.4) is 0 Å². The number of aliphatic hydroxyl groups is 1. The maximum absolute atomic E-state index is 10.2. The zero-order valence-corrected chi connectivity index (χ0v) is 11.7. The number of aliphatic hydroxyl groups excluding tert-OH is 1. The predicted octanol–water partition coefficient (Wildman–Crippen LogP) is 3.41. The van der Waals surface area contributed by atoms with Crippen molar-refractivity contribution < 1.29 is 14.6 Å². The summed E-state index contributed by atoms with van der Waals surface area (Å²) in [5, 5.41) is 10.2. The van der Waals surface area contributed by atoms with Crippen LogP contribution in [0.1, 0.15) is 39.0 Å². The largest absolute Gasteiger partial charge is 0.494 e. The van der Waals surface area contributed by atoms with Crippen molar-refractivity contribution in [2.45, 2.75) is 45.1 Å². The SMILES string of the molecule is CCOc1cccc(OCC(O)C2CCCCC2)c1. The van der Waals surface area contributed by atoms with Crippen LogP contribution in [0, 0.1) is 5.92 Å². The molecule has 0 saturated heterocycles. The Labute approximate surface area is 115 Å². The van der Waals surface area contributed by atoms with E-state index in [4.69, 9.17) is 9.47 Å². The molecule has 1 fully saturated rings. The van der Waals surface area contributed by atoms with Gasteiger partial charge in [-0.25, -0.2) is 0 Å². The first-order chi connectivity index (χ1) is 9.29. The van der Waals surface area contributed by atoms with Gasteiger partial charge in [-0.05, 0) is 37.8 Å². The molecular formula is C16H24O3. The van der Waals surface area contributed by atoms with Gasteiger partial charge in [-0.3, -0.25) is 0 Å². The molecule has 0 heterocycles. The average molecular weight is 264 g/mol. The second-order valence-corrected chi connectivity index (χ2v) is 5.18. The second kappa shape index (κ2) is 7.39. The van der Waals surface area contributed by atoms with Crippen LogP contribution in [0.25, 0.3) is 0 Å². The summed E-state index contributed by atoms with van der Waals surface area (Å²) in [7, 11) is 0. The molecule has 1 aliphatic rings. The van der Waals surface area contributed by atoms with E-state index in [2.05, 4.69) is 0 Å². The third-order valence-corrected chi connectivity index (χ3v) is 3.73. The van der Waals surface area contributed by atoms with Gasteiger partial charge in [0, 0.05) is 6.07 Å². The van der Waals surface area contributed by atoms with Gasteiger partial charge >= 0.3 is 0 Å². The molecule has 0 aromatic heterocycles. The molecule has 0 amide bonds. The Morgan fingerprint density at radius 1 is 1.16 bits per heavy atom. The van der Waals surface area contributed by atoms with Crippen LogP contribution in [-0.2, 0) is 0 Å². The lowest BCUT2D eigenvalue weighted by Crippen LogP contribution is -2.28. The first kappa shape index (κ1) is 14.2. The molecule has 1 aromatic rings. The van der Waals surface area contributed by atoms with Gasteiger partial charge in [0.05, 0.1) is 12.7 Å². The molecule has 0 aliphatic heterocycles. The van der Waals surface area contributed by atoms with E-state index < -0.39 is 0 Å². The van der Waals surface area contributed by atoms with Gasteiger partial charge in [0.1, 0.15) is 18.1 Å². The smallest absolute Gasteiger partial charge is 0.123 e. The monoisotopic (exact) mass is 264 g/mol. The topological polar surface area (TPSA) is 38.7 Å². The first-order valence-corrected chi connectivity index (χ1v) is 7.33. The Balaban J connectivity index is 1.82. The predicted molar refractivity (Wildman–Crippen MR) is 75.7 cm³/mol. The molecule has 1 unspecified atom stereocenters. The fourth-order valence-corrected chi connectivity index (χ4v) is 2.66. The summed E-state index contributed by atoms with van der Waals surface area (Å²) in [5.74, 6) is 1.98. The van der Waals surface area contributed by atoms with Gasteiger partial charge in [-0.2, -0.15) is 0 Å². The molecule has 19 heavy (non-hydrogen) atoms. The van der Waals surface area contributed by atoms with Crippen LogP contribution < -0.4 is 9.47 Å². The Morgan fingerprint density at radius 2 is 1.84 bits per heavy atom. The maximum Gasteiger partial charge on any atom is 0.123 e. The minimum atomic E-state index is -0.351. The van der Waals surface area contributed by atoms with Crippen LogP contribution >= 0.6 is 0 Å². The van der Waals surface area contributed by atoms with Crippen LogP contribution in [-0.4, -0.2) is 24.4 Å². The Morgan fingerprint density at radius 3 is 2.53 bits per heavy atom. The molecule has 3 heteroatoms. The molecule has 1 saturated carbocycles. The Bertz CT molecular complexity index is 372. The van der Waals surface area contributed by atoms with Crippen LogP contribution in [0.2, 0.25) is 0 Å². The number of hydrogen-bond acceptors (Lipinski definition) is 3. The molecule has 0 spiro atoms. The first-order valence-electron chi connectivity index (χ1n) is 7.33. The normalized spacial score (nSPS) is 18.0. The molecule has 1 atom stereocenters. The minimum absolute atomic E-state index is 0.351. The standard InChI is InChI=1S/C16H24O3/c1-2-18-14-9-6-10-15(11-14)19-12-16(17)13-7-4-3-5-8-13/h6,9-11,13,16-17H,2-5,7-8,12H2,1H3. The van der Waals surface area contributed by atoms with Crippen molar-refractivity contribution in [1.82, 2.24) is 0 Å². The van der Waals surface area contributed by atoms with E-state index in [-0.39, 0.29) is 6.10 Å². The van der Waals surface area contributed by atoms with Crippen molar-refractivity contribution in [3.8, 4) is 11.5 Å². The van der Waals surface area contributed by atoms with Crippen molar-refractivity contribution in [2.24, 2.45) is 5.92 Å². The van der Waals surface area contributed by atoms with Gasteiger partial charge in [-0.1, -0.05) is 25.3 Å². The molecule has 2 rings (SSSR count). The van der Waals surface area contributed by atoms with Crippen LogP contribution in [0.5, 0.6) is 11.5 Å². The van der Waals surface area contributed by atoms with E-state index in [1.807, 2.05) is 31.2 Å². The fraction of sp³-hybridized carbons (Fsp3) is 0.625. The zero-order chi connectivity index (χ0) is 13.5. The summed E-state index contributed by atoms with van der Waals surface area (Å²) in [6.45, 7) is 2.98. The highest BCUT2D eigenvalue weighted by Gasteiger charge is 2.22. The van der Waals surface area contributed by atoms with Gasteiger partial charge in [-0.15, -0.1) is 0 Å². The Hall–Kier alpha value is -1.22. The van der Waals surface area contributed by atoms with Crippen molar-refractivity contribution in [3.05, 3.63) is 24.3 Å².